The van der Waals surface area contributed by atoms with Crippen LogP contribution in [0.4, 0.5) is 13.2 Å². The molecule has 0 amide bonds. The Kier molecular flexibility index (Phi) is 3.49. The second-order valence-corrected chi connectivity index (χ2v) is 5.09. The molecular formula is C16H14F3N. The van der Waals surface area contributed by atoms with Gasteiger partial charge in [-0.2, -0.15) is 0 Å². The van der Waals surface area contributed by atoms with E-state index in [0.717, 1.165) is 36.1 Å². The van der Waals surface area contributed by atoms with Crippen LogP contribution in [0.2, 0.25) is 0 Å². The Hall–Kier alpha value is -1.81. The Bertz CT molecular complexity index is 636. The molecule has 1 saturated carbocycles. The van der Waals surface area contributed by atoms with Crippen LogP contribution in [0.25, 0.3) is 11.1 Å². The van der Waals surface area contributed by atoms with Gasteiger partial charge < -0.3 is 5.32 Å². The SMILES string of the molecule is Fc1ccc(-c2ccc(F)c(F)c2)c(CNC2CC2)c1. The molecule has 1 N–H and O–H groups in total. The van der Waals surface area contributed by atoms with Gasteiger partial charge in [0.1, 0.15) is 5.82 Å². The summed E-state index contributed by atoms with van der Waals surface area (Å²) in [6.07, 6.45) is 2.27. The van der Waals surface area contributed by atoms with Crippen molar-refractivity contribution in [2.75, 3.05) is 0 Å². The average Bonchev–Trinajstić information content (AvgIpc) is 3.24. The summed E-state index contributed by atoms with van der Waals surface area (Å²) >= 11 is 0. The third-order valence-electron chi connectivity index (χ3n) is 3.46. The molecule has 0 aromatic heterocycles. The van der Waals surface area contributed by atoms with Crippen molar-refractivity contribution in [1.29, 1.82) is 0 Å². The highest BCUT2D eigenvalue weighted by atomic mass is 19.2. The Morgan fingerprint density at radius 1 is 0.950 bits per heavy atom. The second kappa shape index (κ2) is 5.29. The summed E-state index contributed by atoms with van der Waals surface area (Å²) in [6.45, 7) is 0.525. The van der Waals surface area contributed by atoms with Crippen LogP contribution >= 0.6 is 0 Å². The van der Waals surface area contributed by atoms with Crippen molar-refractivity contribution >= 4 is 0 Å². The van der Waals surface area contributed by atoms with Gasteiger partial charge in [0.05, 0.1) is 0 Å². The molecule has 2 aromatic rings. The minimum atomic E-state index is -0.895. The maximum atomic E-state index is 13.4. The van der Waals surface area contributed by atoms with Crippen molar-refractivity contribution in [3.05, 3.63) is 59.4 Å². The molecule has 0 bridgehead atoms. The highest BCUT2D eigenvalue weighted by molar-refractivity contribution is 5.67. The molecule has 0 spiro atoms. The fraction of sp³-hybridized carbons (Fsp3) is 0.250. The Balaban J connectivity index is 1.95. The van der Waals surface area contributed by atoms with Crippen LogP contribution in [0.3, 0.4) is 0 Å². The highest BCUT2D eigenvalue weighted by Crippen LogP contribution is 2.27. The van der Waals surface area contributed by atoms with Crippen molar-refractivity contribution < 1.29 is 13.2 Å². The van der Waals surface area contributed by atoms with Crippen LogP contribution in [0, 0.1) is 17.5 Å². The van der Waals surface area contributed by atoms with E-state index in [9.17, 15) is 13.2 Å². The molecule has 104 valence electrons. The van der Waals surface area contributed by atoms with E-state index in [0.29, 0.717) is 18.2 Å². The largest absolute Gasteiger partial charge is 0.310 e. The predicted molar refractivity (Wildman–Crippen MR) is 71.6 cm³/mol. The van der Waals surface area contributed by atoms with E-state index in [4.69, 9.17) is 0 Å². The van der Waals surface area contributed by atoms with E-state index in [1.807, 2.05) is 0 Å². The minimum absolute atomic E-state index is 0.330. The van der Waals surface area contributed by atoms with Gasteiger partial charge in [-0.05, 0) is 53.8 Å². The van der Waals surface area contributed by atoms with Crippen molar-refractivity contribution in [1.82, 2.24) is 5.32 Å². The average molecular weight is 277 g/mol. The molecule has 0 heterocycles. The lowest BCUT2D eigenvalue weighted by Crippen LogP contribution is -2.16. The van der Waals surface area contributed by atoms with Gasteiger partial charge in [-0.1, -0.05) is 12.1 Å². The van der Waals surface area contributed by atoms with E-state index < -0.39 is 11.6 Å². The Morgan fingerprint density at radius 2 is 1.75 bits per heavy atom. The van der Waals surface area contributed by atoms with Gasteiger partial charge in [-0.25, -0.2) is 13.2 Å². The summed E-state index contributed by atoms with van der Waals surface area (Å²) < 4.78 is 39.7. The van der Waals surface area contributed by atoms with E-state index in [1.165, 1.54) is 18.2 Å². The topological polar surface area (TPSA) is 12.0 Å². The van der Waals surface area contributed by atoms with Crippen LogP contribution < -0.4 is 5.32 Å². The fourth-order valence-corrected chi connectivity index (χ4v) is 2.20. The first-order valence-electron chi connectivity index (χ1n) is 6.61. The summed E-state index contributed by atoms with van der Waals surface area (Å²) in [5.74, 6) is -2.11. The van der Waals surface area contributed by atoms with Gasteiger partial charge in [-0.15, -0.1) is 0 Å². The van der Waals surface area contributed by atoms with Crippen molar-refractivity contribution in [3.63, 3.8) is 0 Å². The van der Waals surface area contributed by atoms with Crippen LogP contribution in [-0.4, -0.2) is 6.04 Å². The van der Waals surface area contributed by atoms with E-state index >= 15 is 0 Å². The summed E-state index contributed by atoms with van der Waals surface area (Å²) in [5, 5.41) is 3.30. The first-order chi connectivity index (χ1) is 9.63. The first-order valence-corrected chi connectivity index (χ1v) is 6.61. The van der Waals surface area contributed by atoms with Gasteiger partial charge in [0.2, 0.25) is 0 Å². The standard InChI is InChI=1S/C16H14F3N/c17-12-2-5-14(10-1-6-15(18)16(19)8-10)11(7-12)9-20-13-3-4-13/h1-2,5-8,13,20H,3-4,9H2. The Labute approximate surface area is 115 Å². The molecule has 0 saturated heterocycles. The third kappa shape index (κ3) is 2.85. The zero-order valence-electron chi connectivity index (χ0n) is 10.8. The maximum absolute atomic E-state index is 13.4. The monoisotopic (exact) mass is 277 g/mol. The quantitative estimate of drug-likeness (QED) is 0.890. The van der Waals surface area contributed by atoms with Crippen molar-refractivity contribution in [2.45, 2.75) is 25.4 Å². The molecule has 0 unspecified atom stereocenters. The number of nitrogens with one attached hydrogen (secondary N) is 1. The van der Waals surface area contributed by atoms with Crippen LogP contribution in [0.5, 0.6) is 0 Å². The molecule has 2 aromatic carbocycles. The zero-order chi connectivity index (χ0) is 14.1. The lowest BCUT2D eigenvalue weighted by atomic mass is 9.99. The zero-order valence-corrected chi connectivity index (χ0v) is 10.8. The smallest absolute Gasteiger partial charge is 0.159 e. The fourth-order valence-electron chi connectivity index (χ4n) is 2.20. The summed E-state index contributed by atoms with van der Waals surface area (Å²) in [6, 6.07) is 8.60. The number of rotatable bonds is 4. The van der Waals surface area contributed by atoms with E-state index in [1.54, 1.807) is 6.07 Å². The molecule has 1 aliphatic carbocycles. The second-order valence-electron chi connectivity index (χ2n) is 5.09. The lowest BCUT2D eigenvalue weighted by molar-refractivity contribution is 0.509. The molecule has 0 radical (unpaired) electrons. The van der Waals surface area contributed by atoms with Gasteiger partial charge >= 0.3 is 0 Å². The van der Waals surface area contributed by atoms with Crippen LogP contribution in [-0.2, 0) is 6.54 Å². The number of hydrogen-bond acceptors (Lipinski definition) is 1. The van der Waals surface area contributed by atoms with E-state index in [2.05, 4.69) is 5.32 Å². The van der Waals surface area contributed by atoms with Gasteiger partial charge in [0.15, 0.2) is 11.6 Å². The third-order valence-corrected chi connectivity index (χ3v) is 3.46. The molecule has 0 atom stereocenters. The van der Waals surface area contributed by atoms with Gasteiger partial charge in [0, 0.05) is 12.6 Å². The van der Waals surface area contributed by atoms with Crippen molar-refractivity contribution in [2.24, 2.45) is 0 Å². The molecular weight excluding hydrogens is 263 g/mol. The van der Waals surface area contributed by atoms with Crippen LogP contribution in [0.1, 0.15) is 18.4 Å². The molecule has 1 nitrogen and oxygen atoms in total. The molecule has 3 rings (SSSR count). The minimum Gasteiger partial charge on any atom is -0.310 e. The molecule has 0 aliphatic heterocycles. The highest BCUT2D eigenvalue weighted by Gasteiger charge is 2.20. The van der Waals surface area contributed by atoms with Crippen LogP contribution in [0.15, 0.2) is 36.4 Å². The predicted octanol–water partition coefficient (Wildman–Crippen LogP) is 4.02. The molecule has 4 heteroatoms. The lowest BCUT2D eigenvalue weighted by Gasteiger charge is -2.11. The number of hydrogen-bond donors (Lipinski definition) is 1. The van der Waals surface area contributed by atoms with Gasteiger partial charge in [0.25, 0.3) is 0 Å². The number of halogens is 3. The van der Waals surface area contributed by atoms with E-state index in [-0.39, 0.29) is 5.82 Å². The normalized spacial score (nSPS) is 14.6. The molecule has 1 fully saturated rings. The summed E-state index contributed by atoms with van der Waals surface area (Å²) in [7, 11) is 0. The van der Waals surface area contributed by atoms with Gasteiger partial charge in [-0.3, -0.25) is 0 Å². The molecule has 1 aliphatic rings. The summed E-state index contributed by atoms with van der Waals surface area (Å²) in [4.78, 5) is 0. The molecule has 20 heavy (non-hydrogen) atoms. The Morgan fingerprint density at radius 3 is 2.45 bits per heavy atom. The maximum Gasteiger partial charge on any atom is 0.159 e. The summed E-state index contributed by atoms with van der Waals surface area (Å²) in [5.41, 5.74) is 2.03. The first kappa shape index (κ1) is 13.2. The van der Waals surface area contributed by atoms with Crippen molar-refractivity contribution in [3.8, 4) is 11.1 Å². The number of benzene rings is 2.